The second-order valence-corrected chi connectivity index (χ2v) is 9.04. The molecule has 0 unspecified atom stereocenters. The van der Waals surface area contributed by atoms with Gasteiger partial charge in [0.15, 0.2) is 11.5 Å². The number of rotatable bonds is 6. The summed E-state index contributed by atoms with van der Waals surface area (Å²) in [7, 11) is 0. The van der Waals surface area contributed by atoms with Crippen molar-refractivity contribution in [3.63, 3.8) is 0 Å². The largest absolute Gasteiger partial charge is 0.454 e. The van der Waals surface area contributed by atoms with Gasteiger partial charge in [-0.2, -0.15) is 0 Å². The Balaban J connectivity index is 1.23. The van der Waals surface area contributed by atoms with Crippen LogP contribution >= 0.6 is 11.8 Å². The normalized spacial score (nSPS) is 16.1. The van der Waals surface area contributed by atoms with Crippen molar-refractivity contribution >= 4 is 29.3 Å². The van der Waals surface area contributed by atoms with Crippen molar-refractivity contribution in [2.45, 2.75) is 30.2 Å². The molecule has 3 aromatic rings. The van der Waals surface area contributed by atoms with Gasteiger partial charge < -0.3 is 20.1 Å². The van der Waals surface area contributed by atoms with Crippen LogP contribution < -0.4 is 20.1 Å². The third-order valence-electron chi connectivity index (χ3n) is 5.82. The number of carbonyl (C=O) groups is 2. The Morgan fingerprint density at radius 3 is 2.73 bits per heavy atom. The molecule has 0 saturated heterocycles. The Bertz CT molecular complexity index is 1200. The minimum absolute atomic E-state index is 0.00909. The predicted molar refractivity (Wildman–Crippen MR) is 128 cm³/mol. The first-order valence-electron chi connectivity index (χ1n) is 11.0. The lowest BCUT2D eigenvalue weighted by molar-refractivity contribution is -0.113. The number of fused-ring (bicyclic) bond motifs is 2. The van der Waals surface area contributed by atoms with Crippen molar-refractivity contribution < 1.29 is 19.1 Å². The molecule has 1 aliphatic heterocycles. The molecule has 5 rings (SSSR count). The van der Waals surface area contributed by atoms with Gasteiger partial charge in [-0.3, -0.25) is 9.59 Å². The number of anilines is 1. The molecule has 1 heterocycles. The highest BCUT2D eigenvalue weighted by atomic mass is 32.2. The number of amides is 2. The van der Waals surface area contributed by atoms with E-state index in [1.165, 1.54) is 22.9 Å². The summed E-state index contributed by atoms with van der Waals surface area (Å²) in [5, 5.41) is 6.08. The van der Waals surface area contributed by atoms with Crippen LogP contribution in [-0.4, -0.2) is 24.4 Å². The minimum atomic E-state index is -0.157. The minimum Gasteiger partial charge on any atom is -0.454 e. The van der Waals surface area contributed by atoms with E-state index >= 15 is 0 Å². The van der Waals surface area contributed by atoms with Gasteiger partial charge in [-0.1, -0.05) is 36.4 Å². The molecule has 2 N–H and O–H groups in total. The third kappa shape index (κ3) is 4.83. The first-order valence-corrected chi connectivity index (χ1v) is 12.0. The van der Waals surface area contributed by atoms with Crippen molar-refractivity contribution in [3.05, 3.63) is 83.4 Å². The van der Waals surface area contributed by atoms with E-state index in [2.05, 4.69) is 22.8 Å². The summed E-state index contributed by atoms with van der Waals surface area (Å²) in [6.45, 7) is 0.188. The van der Waals surface area contributed by atoms with Gasteiger partial charge in [0.1, 0.15) is 0 Å². The third-order valence-corrected chi connectivity index (χ3v) is 6.90. The lowest BCUT2D eigenvalue weighted by atomic mass is 9.87. The van der Waals surface area contributed by atoms with Crippen molar-refractivity contribution in [3.8, 4) is 11.5 Å². The Hall–Kier alpha value is -3.45. The van der Waals surface area contributed by atoms with Crippen LogP contribution in [0.1, 0.15) is 40.4 Å². The van der Waals surface area contributed by atoms with E-state index in [-0.39, 0.29) is 30.4 Å². The van der Waals surface area contributed by atoms with Gasteiger partial charge in [-0.05, 0) is 54.7 Å². The summed E-state index contributed by atoms with van der Waals surface area (Å²) in [6.07, 6.45) is 3.03. The number of carbonyl (C=O) groups excluding carboxylic acids is 2. The molecule has 33 heavy (non-hydrogen) atoms. The van der Waals surface area contributed by atoms with Crippen molar-refractivity contribution in [1.29, 1.82) is 0 Å². The molecule has 7 heteroatoms. The fourth-order valence-electron chi connectivity index (χ4n) is 4.23. The van der Waals surface area contributed by atoms with Crippen molar-refractivity contribution in [1.82, 2.24) is 5.32 Å². The summed E-state index contributed by atoms with van der Waals surface area (Å²) >= 11 is 1.35. The highest BCUT2D eigenvalue weighted by molar-refractivity contribution is 8.00. The maximum atomic E-state index is 13.1. The van der Waals surface area contributed by atoms with Crippen LogP contribution in [0.5, 0.6) is 11.5 Å². The van der Waals surface area contributed by atoms with Gasteiger partial charge >= 0.3 is 0 Å². The Morgan fingerprint density at radius 1 is 0.970 bits per heavy atom. The first-order chi connectivity index (χ1) is 16.2. The average Bonchev–Trinajstić information content (AvgIpc) is 3.31. The van der Waals surface area contributed by atoms with E-state index in [0.29, 0.717) is 22.7 Å². The van der Waals surface area contributed by atoms with Gasteiger partial charge in [-0.15, -0.1) is 11.8 Å². The zero-order valence-electron chi connectivity index (χ0n) is 18.0. The molecule has 2 aliphatic rings. The molecular formula is C26H24N2O4S. The lowest BCUT2D eigenvalue weighted by Gasteiger charge is -2.26. The molecule has 6 nitrogen and oxygen atoms in total. The van der Waals surface area contributed by atoms with E-state index in [9.17, 15) is 9.59 Å². The summed E-state index contributed by atoms with van der Waals surface area (Å²) in [5.74, 6) is 1.20. The topological polar surface area (TPSA) is 76.7 Å². The predicted octanol–water partition coefficient (Wildman–Crippen LogP) is 4.95. The number of benzene rings is 3. The lowest BCUT2D eigenvalue weighted by Crippen LogP contribution is -2.31. The van der Waals surface area contributed by atoms with E-state index in [0.717, 1.165) is 24.2 Å². The van der Waals surface area contributed by atoms with E-state index < -0.39 is 0 Å². The number of hydrogen-bond donors (Lipinski definition) is 2. The average molecular weight is 461 g/mol. The number of hydrogen-bond acceptors (Lipinski definition) is 5. The molecule has 1 atom stereocenters. The van der Waals surface area contributed by atoms with E-state index in [1.807, 2.05) is 36.4 Å². The summed E-state index contributed by atoms with van der Waals surface area (Å²) in [4.78, 5) is 26.4. The van der Waals surface area contributed by atoms with Crippen LogP contribution in [0.15, 0.2) is 71.6 Å². The first kappa shape index (κ1) is 21.4. The molecule has 2 amide bonds. The number of ether oxygens (including phenoxy) is 2. The summed E-state index contributed by atoms with van der Waals surface area (Å²) < 4.78 is 10.6. The van der Waals surface area contributed by atoms with Gasteiger partial charge in [-0.25, -0.2) is 0 Å². The van der Waals surface area contributed by atoms with E-state index in [1.54, 1.807) is 18.2 Å². The highest BCUT2D eigenvalue weighted by Gasteiger charge is 2.23. The van der Waals surface area contributed by atoms with Crippen LogP contribution in [0.3, 0.4) is 0 Å². The van der Waals surface area contributed by atoms with Gasteiger partial charge in [0.05, 0.1) is 17.4 Å². The summed E-state index contributed by atoms with van der Waals surface area (Å²) in [5.41, 5.74) is 3.73. The second-order valence-electron chi connectivity index (χ2n) is 8.02. The Labute approximate surface area is 196 Å². The van der Waals surface area contributed by atoms with Crippen LogP contribution in [-0.2, 0) is 11.2 Å². The number of thioether (sulfide) groups is 1. The molecule has 168 valence electrons. The monoisotopic (exact) mass is 460 g/mol. The molecule has 0 bridgehead atoms. The van der Waals surface area contributed by atoms with Crippen LogP contribution in [0.4, 0.5) is 5.69 Å². The maximum absolute atomic E-state index is 13.1. The number of nitrogens with one attached hydrogen (secondary N) is 2. The van der Waals surface area contributed by atoms with Crippen LogP contribution in [0.2, 0.25) is 0 Å². The smallest absolute Gasteiger partial charge is 0.252 e. The van der Waals surface area contributed by atoms with Crippen molar-refractivity contribution in [2.75, 3.05) is 17.9 Å². The van der Waals surface area contributed by atoms with Crippen LogP contribution in [0.25, 0.3) is 0 Å². The van der Waals surface area contributed by atoms with Crippen molar-refractivity contribution in [2.24, 2.45) is 0 Å². The molecule has 0 fully saturated rings. The number of aryl methyl sites for hydroxylation is 1. The SMILES string of the molecule is O=C(CSc1ccccc1C(=O)N[C@@H]1CCCc2ccccc21)Nc1ccc2c(c1)OCO2. The van der Waals surface area contributed by atoms with E-state index in [4.69, 9.17) is 9.47 Å². The zero-order chi connectivity index (χ0) is 22.6. The quantitative estimate of drug-likeness (QED) is 0.509. The molecule has 0 spiro atoms. The molecule has 0 radical (unpaired) electrons. The Morgan fingerprint density at radius 2 is 1.79 bits per heavy atom. The maximum Gasteiger partial charge on any atom is 0.252 e. The van der Waals surface area contributed by atoms with Gasteiger partial charge in [0.25, 0.3) is 5.91 Å². The fourth-order valence-corrected chi connectivity index (χ4v) is 5.08. The van der Waals surface area contributed by atoms with Crippen LogP contribution in [0, 0.1) is 0 Å². The molecular weight excluding hydrogens is 436 g/mol. The summed E-state index contributed by atoms with van der Waals surface area (Å²) in [6, 6.07) is 21.0. The highest BCUT2D eigenvalue weighted by Crippen LogP contribution is 2.34. The molecule has 0 saturated carbocycles. The fraction of sp³-hybridized carbons (Fsp3) is 0.231. The second kappa shape index (κ2) is 9.58. The zero-order valence-corrected chi connectivity index (χ0v) is 18.8. The Kier molecular flexibility index (Phi) is 6.21. The van der Waals surface area contributed by atoms with Gasteiger partial charge in [0.2, 0.25) is 12.7 Å². The molecule has 0 aromatic heterocycles. The standard InChI is InChI=1S/C26H24N2O4S/c29-25(27-18-12-13-22-23(14-18)32-16-31-22)15-33-24-11-4-3-9-20(24)26(30)28-21-10-5-7-17-6-1-2-8-19(17)21/h1-4,6,8-9,11-14,21H,5,7,10,15-16H2,(H,27,29)(H,28,30)/t21-/m1/s1. The van der Waals surface area contributed by atoms with Gasteiger partial charge in [0, 0.05) is 16.6 Å². The molecule has 3 aromatic carbocycles. The molecule has 1 aliphatic carbocycles.